The quantitative estimate of drug-likeness (QED) is 0.322. The number of morpholine rings is 1. The number of benzene rings is 3. The molecule has 5 aromatic rings. The summed E-state index contributed by atoms with van der Waals surface area (Å²) < 4.78 is 40.6. The number of nitrogens with one attached hydrogen (secondary N) is 1. The highest BCUT2D eigenvalue weighted by Crippen LogP contribution is 2.31. The number of aromatic nitrogens is 4. The van der Waals surface area contributed by atoms with Crippen LogP contribution in [0.1, 0.15) is 15.9 Å². The molecule has 1 saturated heterocycles. The zero-order valence-corrected chi connectivity index (χ0v) is 22.5. The number of carbonyl (C=O) groups excluding carboxylic acids is 1. The van der Waals surface area contributed by atoms with Crippen molar-refractivity contribution in [2.45, 2.75) is 11.4 Å². The molecule has 6 rings (SSSR count). The molecular weight excluding hydrogens is 532 g/mol. The molecule has 0 aliphatic carbocycles. The standard InChI is InChI=1S/C28H26N6O5S/c1-38-21-9-7-20(8-10-21)27(35)30-28-29-26-25(31-32-28)23-17-22(40(36,37)33-13-15-39-16-14-33)11-12-24(23)34(26)18-19-5-3-2-4-6-19/h2-12,17H,13-16,18H2,1H3,(H,29,30,32,35). The van der Waals surface area contributed by atoms with Crippen LogP contribution >= 0.6 is 0 Å². The van der Waals surface area contributed by atoms with E-state index in [9.17, 15) is 13.2 Å². The van der Waals surface area contributed by atoms with Gasteiger partial charge >= 0.3 is 0 Å². The number of hydrogen-bond donors (Lipinski definition) is 1. The highest BCUT2D eigenvalue weighted by atomic mass is 32.2. The first kappa shape index (κ1) is 25.9. The van der Waals surface area contributed by atoms with Crippen molar-refractivity contribution in [3.63, 3.8) is 0 Å². The zero-order chi connectivity index (χ0) is 27.7. The van der Waals surface area contributed by atoms with Crippen molar-refractivity contribution < 1.29 is 22.7 Å². The second-order valence-electron chi connectivity index (χ2n) is 9.26. The maximum Gasteiger partial charge on any atom is 0.258 e. The molecule has 3 heterocycles. The van der Waals surface area contributed by atoms with Crippen molar-refractivity contribution in [2.75, 3.05) is 38.7 Å². The topological polar surface area (TPSA) is 129 Å². The first-order chi connectivity index (χ1) is 19.4. The van der Waals surface area contributed by atoms with Crippen molar-refractivity contribution in [1.82, 2.24) is 24.1 Å². The molecule has 0 unspecified atom stereocenters. The Bertz CT molecular complexity index is 1800. The summed E-state index contributed by atoms with van der Waals surface area (Å²) in [7, 11) is -2.17. The van der Waals surface area contributed by atoms with E-state index in [4.69, 9.17) is 9.47 Å². The van der Waals surface area contributed by atoms with Gasteiger partial charge in [0.05, 0.1) is 30.7 Å². The molecule has 1 aliphatic heterocycles. The maximum atomic E-state index is 13.4. The van der Waals surface area contributed by atoms with E-state index in [0.717, 1.165) is 11.1 Å². The predicted octanol–water partition coefficient (Wildman–Crippen LogP) is 3.31. The molecule has 0 saturated carbocycles. The summed E-state index contributed by atoms with van der Waals surface area (Å²) in [5, 5.41) is 11.9. The Kier molecular flexibility index (Phi) is 6.88. The Morgan fingerprint density at radius 2 is 1.75 bits per heavy atom. The van der Waals surface area contributed by atoms with Crippen LogP contribution in [0, 0.1) is 0 Å². The van der Waals surface area contributed by atoms with Gasteiger partial charge in [-0.15, -0.1) is 10.2 Å². The lowest BCUT2D eigenvalue weighted by molar-refractivity contribution is 0.0730. The van der Waals surface area contributed by atoms with E-state index in [-0.39, 0.29) is 10.8 Å². The molecule has 0 atom stereocenters. The van der Waals surface area contributed by atoms with E-state index in [2.05, 4.69) is 20.5 Å². The zero-order valence-electron chi connectivity index (χ0n) is 21.6. The number of anilines is 1. The number of hydrogen-bond acceptors (Lipinski definition) is 8. The summed E-state index contributed by atoms with van der Waals surface area (Å²) in [6, 6.07) is 21.5. The second-order valence-corrected chi connectivity index (χ2v) is 11.2. The number of carbonyl (C=O) groups is 1. The number of rotatable bonds is 7. The highest BCUT2D eigenvalue weighted by Gasteiger charge is 2.27. The molecule has 0 bridgehead atoms. The van der Waals surface area contributed by atoms with Gasteiger partial charge in [0, 0.05) is 30.6 Å². The molecule has 1 amide bonds. The van der Waals surface area contributed by atoms with Gasteiger partial charge in [0.2, 0.25) is 10.0 Å². The van der Waals surface area contributed by atoms with Crippen molar-refractivity contribution in [3.8, 4) is 5.75 Å². The van der Waals surface area contributed by atoms with Crippen LogP contribution in [0.2, 0.25) is 0 Å². The third kappa shape index (κ3) is 4.88. The Labute approximate surface area is 230 Å². The number of ether oxygens (including phenoxy) is 2. The summed E-state index contributed by atoms with van der Waals surface area (Å²) in [4.78, 5) is 17.7. The van der Waals surface area contributed by atoms with E-state index in [1.54, 1.807) is 49.6 Å². The molecule has 0 spiro atoms. The average Bonchev–Trinajstić information content (AvgIpc) is 3.30. The van der Waals surface area contributed by atoms with Crippen LogP contribution in [0.4, 0.5) is 5.95 Å². The summed E-state index contributed by atoms with van der Waals surface area (Å²) in [5.41, 5.74) is 3.09. The molecule has 12 heteroatoms. The minimum absolute atomic E-state index is 0.0339. The molecule has 3 aromatic carbocycles. The number of fused-ring (bicyclic) bond motifs is 3. The van der Waals surface area contributed by atoms with Gasteiger partial charge in [0.25, 0.3) is 11.9 Å². The third-order valence-electron chi connectivity index (χ3n) is 6.81. The minimum Gasteiger partial charge on any atom is -0.497 e. The molecule has 204 valence electrons. The van der Waals surface area contributed by atoms with E-state index in [1.807, 2.05) is 34.9 Å². The van der Waals surface area contributed by atoms with Crippen LogP contribution in [-0.4, -0.2) is 71.8 Å². The highest BCUT2D eigenvalue weighted by molar-refractivity contribution is 7.89. The Morgan fingerprint density at radius 3 is 2.48 bits per heavy atom. The lowest BCUT2D eigenvalue weighted by atomic mass is 10.2. The van der Waals surface area contributed by atoms with Crippen LogP contribution in [0.5, 0.6) is 5.75 Å². The molecule has 40 heavy (non-hydrogen) atoms. The van der Waals surface area contributed by atoms with Gasteiger partial charge in [-0.25, -0.2) is 8.42 Å². The van der Waals surface area contributed by atoms with Gasteiger partial charge in [-0.2, -0.15) is 9.29 Å². The first-order valence-electron chi connectivity index (χ1n) is 12.7. The Hall–Kier alpha value is -4.39. The lowest BCUT2D eigenvalue weighted by Gasteiger charge is -2.26. The van der Waals surface area contributed by atoms with Crippen molar-refractivity contribution in [2.24, 2.45) is 0 Å². The molecule has 1 N–H and O–H groups in total. The van der Waals surface area contributed by atoms with Gasteiger partial charge in [-0.3, -0.25) is 10.1 Å². The SMILES string of the molecule is COc1ccc(C(=O)Nc2nnc3c4cc(S(=O)(=O)N5CCOCC5)ccc4n(Cc4ccccc4)c3n2)cc1. The Morgan fingerprint density at radius 1 is 1.00 bits per heavy atom. The lowest BCUT2D eigenvalue weighted by Crippen LogP contribution is -2.40. The summed E-state index contributed by atoms with van der Waals surface area (Å²) >= 11 is 0. The van der Waals surface area contributed by atoms with Gasteiger partial charge in [-0.1, -0.05) is 30.3 Å². The molecule has 1 aliphatic rings. The van der Waals surface area contributed by atoms with Crippen molar-refractivity contribution in [1.29, 1.82) is 0 Å². The van der Waals surface area contributed by atoms with Gasteiger partial charge in [0.15, 0.2) is 5.65 Å². The fraction of sp³-hybridized carbons (Fsp3) is 0.214. The number of nitrogens with zero attached hydrogens (tertiary/aromatic N) is 5. The van der Waals surface area contributed by atoms with Crippen molar-refractivity contribution in [3.05, 3.63) is 83.9 Å². The van der Waals surface area contributed by atoms with Gasteiger partial charge in [-0.05, 0) is 48.0 Å². The molecule has 0 radical (unpaired) electrons. The van der Waals surface area contributed by atoms with Crippen LogP contribution in [0.15, 0.2) is 77.7 Å². The van der Waals surface area contributed by atoms with E-state index in [1.165, 1.54) is 4.31 Å². The largest absolute Gasteiger partial charge is 0.497 e. The summed E-state index contributed by atoms with van der Waals surface area (Å²) in [6.07, 6.45) is 0. The van der Waals surface area contributed by atoms with Gasteiger partial charge < -0.3 is 14.0 Å². The van der Waals surface area contributed by atoms with Gasteiger partial charge in [0.1, 0.15) is 11.3 Å². The summed E-state index contributed by atoms with van der Waals surface area (Å²) in [6.45, 7) is 1.78. The monoisotopic (exact) mass is 558 g/mol. The normalized spacial score (nSPS) is 14.4. The second kappa shape index (κ2) is 10.6. The fourth-order valence-corrected chi connectivity index (χ4v) is 6.16. The van der Waals surface area contributed by atoms with Crippen LogP contribution in [-0.2, 0) is 21.3 Å². The first-order valence-corrected chi connectivity index (χ1v) is 14.1. The van der Waals surface area contributed by atoms with Crippen LogP contribution < -0.4 is 10.1 Å². The van der Waals surface area contributed by atoms with Crippen LogP contribution in [0.3, 0.4) is 0 Å². The van der Waals surface area contributed by atoms with Crippen LogP contribution in [0.25, 0.3) is 22.1 Å². The molecular formula is C28H26N6O5S. The number of methoxy groups -OCH3 is 1. The Balaban J connectivity index is 1.43. The third-order valence-corrected chi connectivity index (χ3v) is 8.70. The summed E-state index contributed by atoms with van der Waals surface area (Å²) in [5.74, 6) is 0.274. The van der Waals surface area contributed by atoms with E-state index in [0.29, 0.717) is 60.7 Å². The van der Waals surface area contributed by atoms with Crippen molar-refractivity contribution >= 4 is 43.9 Å². The number of sulfonamides is 1. The smallest absolute Gasteiger partial charge is 0.258 e. The average molecular weight is 559 g/mol. The van der Waals surface area contributed by atoms with E-state index < -0.39 is 15.9 Å². The van der Waals surface area contributed by atoms with E-state index >= 15 is 0 Å². The maximum absolute atomic E-state index is 13.4. The minimum atomic E-state index is -3.72. The predicted molar refractivity (Wildman–Crippen MR) is 149 cm³/mol. The molecule has 11 nitrogen and oxygen atoms in total. The number of amides is 1. The molecule has 2 aromatic heterocycles. The fourth-order valence-electron chi connectivity index (χ4n) is 4.73. The molecule has 1 fully saturated rings.